The van der Waals surface area contributed by atoms with Crippen LogP contribution in [0, 0.1) is 0 Å². The highest BCUT2D eigenvalue weighted by Crippen LogP contribution is 2.25. The van der Waals surface area contributed by atoms with Gasteiger partial charge >= 0.3 is 5.97 Å². The van der Waals surface area contributed by atoms with Crippen LogP contribution in [0.15, 0.2) is 34.8 Å². The fourth-order valence-corrected chi connectivity index (χ4v) is 1.48. The average Bonchev–Trinajstić information content (AvgIpc) is 2.19. The smallest absolute Gasteiger partial charge is 0.341 e. The first kappa shape index (κ1) is 12.1. The molecule has 0 N–H and O–H groups in total. The standard InChI is InChI=1S/C11H10Cl2O2/c1-2-15-11(14)9(10(12)13)8-6-4-3-5-7-8/h3-7H,2H2,1H3. The van der Waals surface area contributed by atoms with Crippen molar-refractivity contribution in [1.29, 1.82) is 0 Å². The molecule has 0 heterocycles. The van der Waals surface area contributed by atoms with Crippen molar-refractivity contribution in [3.05, 3.63) is 40.4 Å². The van der Waals surface area contributed by atoms with Crippen LogP contribution in [0.2, 0.25) is 0 Å². The zero-order chi connectivity index (χ0) is 11.3. The molecule has 15 heavy (non-hydrogen) atoms. The number of hydrogen-bond acceptors (Lipinski definition) is 2. The summed E-state index contributed by atoms with van der Waals surface area (Å²) in [6.07, 6.45) is 0. The summed E-state index contributed by atoms with van der Waals surface area (Å²) in [5, 5.41) is 0. The Morgan fingerprint density at radius 3 is 2.33 bits per heavy atom. The van der Waals surface area contributed by atoms with E-state index in [1.54, 1.807) is 31.2 Å². The van der Waals surface area contributed by atoms with E-state index in [1.807, 2.05) is 6.07 Å². The predicted molar refractivity (Wildman–Crippen MR) is 61.7 cm³/mol. The maximum absolute atomic E-state index is 11.5. The molecule has 1 rings (SSSR count). The van der Waals surface area contributed by atoms with E-state index in [2.05, 4.69) is 0 Å². The van der Waals surface area contributed by atoms with Crippen molar-refractivity contribution in [3.8, 4) is 0 Å². The zero-order valence-electron chi connectivity index (χ0n) is 8.17. The molecule has 0 bridgehead atoms. The van der Waals surface area contributed by atoms with Gasteiger partial charge in [0.25, 0.3) is 0 Å². The lowest BCUT2D eigenvalue weighted by Gasteiger charge is -2.06. The Morgan fingerprint density at radius 2 is 1.87 bits per heavy atom. The highest BCUT2D eigenvalue weighted by atomic mass is 35.5. The number of ether oxygens (including phenoxy) is 1. The van der Waals surface area contributed by atoms with E-state index in [1.165, 1.54) is 0 Å². The van der Waals surface area contributed by atoms with Crippen LogP contribution in [0.1, 0.15) is 12.5 Å². The molecule has 0 fully saturated rings. The Balaban J connectivity index is 3.06. The van der Waals surface area contributed by atoms with E-state index < -0.39 is 5.97 Å². The van der Waals surface area contributed by atoms with Gasteiger partial charge in [0.2, 0.25) is 0 Å². The maximum Gasteiger partial charge on any atom is 0.341 e. The minimum atomic E-state index is -0.510. The summed E-state index contributed by atoms with van der Waals surface area (Å²) in [6, 6.07) is 8.93. The number of rotatable bonds is 3. The SMILES string of the molecule is CCOC(=O)C(=C(Cl)Cl)c1ccccc1. The number of benzene rings is 1. The van der Waals surface area contributed by atoms with E-state index in [0.717, 1.165) is 0 Å². The molecule has 4 heteroatoms. The summed E-state index contributed by atoms with van der Waals surface area (Å²) >= 11 is 11.3. The van der Waals surface area contributed by atoms with Gasteiger partial charge in [-0.25, -0.2) is 4.79 Å². The Morgan fingerprint density at radius 1 is 1.27 bits per heavy atom. The minimum absolute atomic E-state index is 0.0837. The molecular weight excluding hydrogens is 235 g/mol. The Labute approximate surface area is 98.4 Å². The summed E-state index contributed by atoms with van der Waals surface area (Å²) in [7, 11) is 0. The molecule has 80 valence electrons. The highest BCUT2D eigenvalue weighted by Gasteiger charge is 2.16. The largest absolute Gasteiger partial charge is 0.462 e. The van der Waals surface area contributed by atoms with Crippen molar-refractivity contribution in [3.63, 3.8) is 0 Å². The van der Waals surface area contributed by atoms with Gasteiger partial charge in [-0.3, -0.25) is 0 Å². The van der Waals surface area contributed by atoms with Crippen molar-refractivity contribution in [1.82, 2.24) is 0 Å². The van der Waals surface area contributed by atoms with Crippen LogP contribution in [0.3, 0.4) is 0 Å². The quantitative estimate of drug-likeness (QED) is 0.602. The third kappa shape index (κ3) is 3.26. The molecule has 0 amide bonds. The van der Waals surface area contributed by atoms with Gasteiger partial charge in [-0.2, -0.15) is 0 Å². The van der Waals surface area contributed by atoms with Crippen molar-refractivity contribution >= 4 is 34.7 Å². The molecule has 0 atom stereocenters. The molecule has 0 aliphatic rings. The van der Waals surface area contributed by atoms with Crippen molar-refractivity contribution < 1.29 is 9.53 Å². The van der Waals surface area contributed by atoms with Gasteiger partial charge in [0, 0.05) is 0 Å². The molecular formula is C11H10Cl2O2. The second kappa shape index (κ2) is 5.79. The van der Waals surface area contributed by atoms with Gasteiger partial charge in [0.05, 0.1) is 12.2 Å². The molecule has 0 saturated heterocycles. The van der Waals surface area contributed by atoms with Gasteiger partial charge in [-0.05, 0) is 12.5 Å². The molecule has 1 aromatic carbocycles. The molecule has 0 saturated carbocycles. The third-order valence-electron chi connectivity index (χ3n) is 1.73. The summed E-state index contributed by atoms with van der Waals surface area (Å²) in [5.41, 5.74) is 0.844. The number of halogens is 2. The predicted octanol–water partition coefficient (Wildman–Crippen LogP) is 3.40. The van der Waals surface area contributed by atoms with E-state index in [0.29, 0.717) is 5.56 Å². The first-order valence-corrected chi connectivity index (χ1v) is 5.20. The van der Waals surface area contributed by atoms with Crippen molar-refractivity contribution in [2.45, 2.75) is 6.92 Å². The van der Waals surface area contributed by atoms with Gasteiger partial charge < -0.3 is 4.74 Å². The zero-order valence-corrected chi connectivity index (χ0v) is 9.68. The highest BCUT2D eigenvalue weighted by molar-refractivity contribution is 6.61. The van der Waals surface area contributed by atoms with Gasteiger partial charge in [-0.1, -0.05) is 53.5 Å². The first-order valence-electron chi connectivity index (χ1n) is 4.44. The van der Waals surface area contributed by atoms with E-state index >= 15 is 0 Å². The Bertz CT molecular complexity index is 367. The number of carbonyl (C=O) groups excluding carboxylic acids is 1. The van der Waals surface area contributed by atoms with Gasteiger partial charge in [0.1, 0.15) is 4.49 Å². The number of esters is 1. The molecule has 0 spiro atoms. The monoisotopic (exact) mass is 244 g/mol. The molecule has 1 aromatic rings. The van der Waals surface area contributed by atoms with E-state index in [-0.39, 0.29) is 16.7 Å². The Hall–Kier alpha value is -0.990. The molecule has 0 radical (unpaired) electrons. The Kier molecular flexibility index (Phi) is 4.66. The third-order valence-corrected chi connectivity index (χ3v) is 2.11. The average molecular weight is 245 g/mol. The fraction of sp³-hybridized carbons (Fsp3) is 0.182. The second-order valence-corrected chi connectivity index (χ2v) is 3.67. The lowest BCUT2D eigenvalue weighted by atomic mass is 10.1. The summed E-state index contributed by atoms with van der Waals surface area (Å²) in [4.78, 5) is 11.5. The van der Waals surface area contributed by atoms with Crippen LogP contribution in [0.4, 0.5) is 0 Å². The summed E-state index contributed by atoms with van der Waals surface area (Å²) in [6.45, 7) is 2.01. The van der Waals surface area contributed by atoms with Crippen LogP contribution >= 0.6 is 23.2 Å². The lowest BCUT2D eigenvalue weighted by Crippen LogP contribution is -2.07. The summed E-state index contributed by atoms with van der Waals surface area (Å²) < 4.78 is 4.77. The van der Waals surface area contributed by atoms with Crippen LogP contribution < -0.4 is 0 Å². The summed E-state index contributed by atoms with van der Waals surface area (Å²) in [5.74, 6) is -0.510. The lowest BCUT2D eigenvalue weighted by molar-refractivity contribution is -0.136. The van der Waals surface area contributed by atoms with Crippen LogP contribution in [-0.2, 0) is 9.53 Å². The minimum Gasteiger partial charge on any atom is -0.462 e. The van der Waals surface area contributed by atoms with Gasteiger partial charge in [-0.15, -0.1) is 0 Å². The first-order chi connectivity index (χ1) is 7.16. The van der Waals surface area contributed by atoms with Gasteiger partial charge in [0.15, 0.2) is 0 Å². The second-order valence-electron chi connectivity index (χ2n) is 2.72. The fourth-order valence-electron chi connectivity index (χ4n) is 1.11. The van der Waals surface area contributed by atoms with Crippen LogP contribution in [-0.4, -0.2) is 12.6 Å². The molecule has 0 aromatic heterocycles. The van der Waals surface area contributed by atoms with Crippen molar-refractivity contribution in [2.24, 2.45) is 0 Å². The molecule has 2 nitrogen and oxygen atoms in total. The molecule has 0 aliphatic carbocycles. The van der Waals surface area contributed by atoms with E-state index in [4.69, 9.17) is 27.9 Å². The van der Waals surface area contributed by atoms with E-state index in [9.17, 15) is 4.79 Å². The normalized spacial score (nSPS) is 9.53. The maximum atomic E-state index is 11.5. The van der Waals surface area contributed by atoms with Crippen LogP contribution in [0.5, 0.6) is 0 Å². The molecule has 0 aliphatic heterocycles. The van der Waals surface area contributed by atoms with Crippen LogP contribution in [0.25, 0.3) is 5.57 Å². The topological polar surface area (TPSA) is 26.3 Å². The number of carbonyl (C=O) groups is 1. The number of hydrogen-bond donors (Lipinski definition) is 0. The molecule has 0 unspecified atom stereocenters. The van der Waals surface area contributed by atoms with Crippen molar-refractivity contribution in [2.75, 3.05) is 6.61 Å².